The molecule has 0 heterocycles. The topological polar surface area (TPSA) is 78.9 Å². The molecule has 2 aromatic rings. The molecule has 0 N–H and O–H groups in total. The lowest BCUT2D eigenvalue weighted by atomic mass is 10.2. The highest BCUT2D eigenvalue weighted by Crippen LogP contribution is 2.09. The summed E-state index contributed by atoms with van der Waals surface area (Å²) in [5.41, 5.74) is 1.02. The number of ether oxygens (including phenoxy) is 3. The zero-order valence-corrected chi connectivity index (χ0v) is 19.7. The van der Waals surface area contributed by atoms with Crippen LogP contribution in [0.1, 0.15) is 65.4 Å². The Morgan fingerprint density at radius 2 is 1.28 bits per heavy atom. The van der Waals surface area contributed by atoms with Gasteiger partial charge in [-0.3, -0.25) is 14.4 Å². The van der Waals surface area contributed by atoms with Gasteiger partial charge in [0.25, 0.3) is 0 Å². The van der Waals surface area contributed by atoms with Crippen molar-refractivity contribution in [3.63, 3.8) is 0 Å². The summed E-state index contributed by atoms with van der Waals surface area (Å²) < 4.78 is 14.5. The van der Waals surface area contributed by atoms with Crippen LogP contribution in [-0.4, -0.2) is 24.5 Å². The van der Waals surface area contributed by atoms with Crippen LogP contribution in [0.5, 0.6) is 5.75 Å². The minimum Gasteiger partial charge on any atom is -0.466 e. The molecule has 0 saturated carbocycles. The van der Waals surface area contributed by atoms with Crippen LogP contribution < -0.4 is 4.74 Å². The van der Waals surface area contributed by atoms with Gasteiger partial charge in [0.1, 0.15) is 12.4 Å². The fourth-order valence-electron chi connectivity index (χ4n) is 2.20. The quantitative estimate of drug-likeness (QED) is 0.273. The average molecular weight is 445 g/mol. The second-order valence-electron chi connectivity index (χ2n) is 6.85. The molecule has 2 rings (SSSR count). The fourth-order valence-corrected chi connectivity index (χ4v) is 2.20. The maximum atomic E-state index is 11.0. The zero-order valence-electron chi connectivity index (χ0n) is 19.7. The lowest BCUT2D eigenvalue weighted by molar-refractivity contribution is -0.142. The van der Waals surface area contributed by atoms with Gasteiger partial charge in [0.2, 0.25) is 0 Å². The highest BCUT2D eigenvalue weighted by atomic mass is 16.5. The van der Waals surface area contributed by atoms with Crippen LogP contribution in [0, 0.1) is 0 Å². The van der Waals surface area contributed by atoms with E-state index in [0.29, 0.717) is 25.4 Å². The number of benzene rings is 2. The summed E-state index contributed by atoms with van der Waals surface area (Å²) in [5.74, 6) is 0.0413. The van der Waals surface area contributed by atoms with Crippen LogP contribution in [0.3, 0.4) is 0 Å². The van der Waals surface area contributed by atoms with E-state index in [1.165, 1.54) is 20.3 Å². The van der Waals surface area contributed by atoms with E-state index in [-0.39, 0.29) is 17.9 Å². The number of hydrogen-bond acceptors (Lipinski definition) is 6. The van der Waals surface area contributed by atoms with Crippen molar-refractivity contribution in [1.82, 2.24) is 0 Å². The Morgan fingerprint density at radius 3 is 1.78 bits per heavy atom. The summed E-state index contributed by atoms with van der Waals surface area (Å²) in [6, 6.07) is 18.7. The minimum absolute atomic E-state index is 0.163. The normalized spacial score (nSPS) is 9.25. The molecule has 0 radical (unpaired) electrons. The van der Waals surface area contributed by atoms with Crippen LogP contribution in [0.2, 0.25) is 0 Å². The van der Waals surface area contributed by atoms with Gasteiger partial charge in [-0.1, -0.05) is 75.2 Å². The number of hydrogen-bond donors (Lipinski definition) is 0. The van der Waals surface area contributed by atoms with Crippen LogP contribution in [-0.2, 0) is 30.5 Å². The van der Waals surface area contributed by atoms with Gasteiger partial charge in [0.05, 0.1) is 6.61 Å². The van der Waals surface area contributed by atoms with E-state index >= 15 is 0 Å². The third-order valence-electron chi connectivity index (χ3n) is 3.77. The second kappa shape index (κ2) is 19.8. The Labute approximate surface area is 191 Å². The number of esters is 3. The Bertz CT molecular complexity index is 743. The van der Waals surface area contributed by atoms with E-state index in [1.54, 1.807) is 12.1 Å². The third kappa shape index (κ3) is 18.9. The Balaban J connectivity index is 0.000000456. The molecule has 0 unspecified atom stereocenters. The van der Waals surface area contributed by atoms with E-state index in [1.807, 2.05) is 55.5 Å². The van der Waals surface area contributed by atoms with Crippen LogP contribution >= 0.6 is 0 Å². The third-order valence-corrected chi connectivity index (χ3v) is 3.77. The first-order chi connectivity index (χ1) is 15.4. The molecule has 0 bridgehead atoms. The maximum absolute atomic E-state index is 11.0. The summed E-state index contributed by atoms with van der Waals surface area (Å²) in [7, 11) is 0. The molecule has 0 aromatic heterocycles. The molecule has 6 heteroatoms. The van der Waals surface area contributed by atoms with Crippen molar-refractivity contribution in [3.05, 3.63) is 66.2 Å². The first-order valence-electron chi connectivity index (χ1n) is 10.9. The lowest BCUT2D eigenvalue weighted by Gasteiger charge is -2.01. The molecule has 0 atom stereocenters. The van der Waals surface area contributed by atoms with E-state index in [2.05, 4.69) is 6.92 Å². The molecule has 0 fully saturated rings. The lowest BCUT2D eigenvalue weighted by Crippen LogP contribution is -2.06. The van der Waals surface area contributed by atoms with Crippen molar-refractivity contribution in [2.75, 3.05) is 6.61 Å². The first-order valence-corrected chi connectivity index (χ1v) is 10.9. The smallest absolute Gasteiger partial charge is 0.311 e. The van der Waals surface area contributed by atoms with Gasteiger partial charge >= 0.3 is 17.9 Å². The Kier molecular flexibility index (Phi) is 17.8. The van der Waals surface area contributed by atoms with E-state index in [4.69, 9.17) is 14.2 Å². The van der Waals surface area contributed by atoms with Crippen molar-refractivity contribution in [1.29, 1.82) is 0 Å². The molecule has 0 amide bonds. The van der Waals surface area contributed by atoms with Gasteiger partial charge in [-0.25, -0.2) is 0 Å². The predicted molar refractivity (Wildman–Crippen MR) is 125 cm³/mol. The van der Waals surface area contributed by atoms with E-state index in [0.717, 1.165) is 24.8 Å². The summed E-state index contributed by atoms with van der Waals surface area (Å²) in [6.07, 6.45) is 4.62. The molecular weight excluding hydrogens is 408 g/mol. The number of carbonyl (C=O) groups excluding carboxylic acids is 3. The highest BCUT2D eigenvalue weighted by Gasteiger charge is 2.01. The first kappa shape index (κ1) is 28.9. The van der Waals surface area contributed by atoms with Gasteiger partial charge in [-0.15, -0.1) is 0 Å². The molecule has 0 aliphatic rings. The molecule has 0 spiro atoms. The standard InChI is InChI=1S/C10H12O2.C9H10O2.C7H14O2/c1-2-6-10(11)12-9-7-4-3-5-8-9;1-8(10)11-7-9-5-3-2-4-6-9;1-3-4-5-6-9-7(2)8/h3-5,7-8H,2,6H2,1H3;2-6H,7H2,1H3;3-6H2,1-2H3. The second-order valence-corrected chi connectivity index (χ2v) is 6.85. The van der Waals surface area contributed by atoms with Crippen LogP contribution in [0.15, 0.2) is 60.7 Å². The molecule has 0 aliphatic carbocycles. The molecule has 6 nitrogen and oxygen atoms in total. The number of unbranched alkanes of at least 4 members (excludes halogenated alkanes) is 2. The number of carbonyl (C=O) groups is 3. The number of para-hydroxylation sites is 1. The largest absolute Gasteiger partial charge is 0.466 e. The molecule has 176 valence electrons. The summed E-state index contributed by atoms with van der Waals surface area (Å²) in [4.78, 5) is 31.6. The van der Waals surface area contributed by atoms with Crippen molar-refractivity contribution in [2.45, 2.75) is 66.4 Å². The van der Waals surface area contributed by atoms with Crippen LogP contribution in [0.4, 0.5) is 0 Å². The van der Waals surface area contributed by atoms with E-state index in [9.17, 15) is 14.4 Å². The summed E-state index contributed by atoms with van der Waals surface area (Å²) in [6.45, 7) is 7.87. The molecule has 0 saturated heterocycles. The zero-order chi connectivity index (χ0) is 24.0. The van der Waals surface area contributed by atoms with Gasteiger partial charge in [0.15, 0.2) is 0 Å². The van der Waals surface area contributed by atoms with Crippen molar-refractivity contribution >= 4 is 17.9 Å². The molecule has 32 heavy (non-hydrogen) atoms. The van der Waals surface area contributed by atoms with Gasteiger partial charge in [-0.05, 0) is 30.5 Å². The van der Waals surface area contributed by atoms with Crippen molar-refractivity contribution in [2.24, 2.45) is 0 Å². The summed E-state index contributed by atoms with van der Waals surface area (Å²) >= 11 is 0. The van der Waals surface area contributed by atoms with Crippen LogP contribution in [0.25, 0.3) is 0 Å². The monoisotopic (exact) mass is 444 g/mol. The molecule has 2 aromatic carbocycles. The van der Waals surface area contributed by atoms with E-state index < -0.39 is 0 Å². The minimum atomic E-state index is -0.242. The molecular formula is C26H36O6. The Morgan fingerprint density at radius 1 is 0.719 bits per heavy atom. The molecule has 0 aliphatic heterocycles. The summed E-state index contributed by atoms with van der Waals surface area (Å²) in [5, 5.41) is 0. The van der Waals surface area contributed by atoms with Crippen molar-refractivity contribution in [3.8, 4) is 5.75 Å². The number of rotatable bonds is 9. The van der Waals surface area contributed by atoms with Crippen molar-refractivity contribution < 1.29 is 28.6 Å². The highest BCUT2D eigenvalue weighted by molar-refractivity contribution is 5.72. The Hall–Kier alpha value is -3.15. The maximum Gasteiger partial charge on any atom is 0.311 e. The SMILES string of the molecule is CC(=O)OCc1ccccc1.CCCC(=O)Oc1ccccc1.CCCCCOC(C)=O. The van der Waals surface area contributed by atoms with Gasteiger partial charge in [-0.2, -0.15) is 0 Å². The van der Waals surface area contributed by atoms with Gasteiger partial charge < -0.3 is 14.2 Å². The predicted octanol–water partition coefficient (Wildman–Crippen LogP) is 5.88. The van der Waals surface area contributed by atoms with Gasteiger partial charge in [0, 0.05) is 20.3 Å². The average Bonchev–Trinajstić information content (AvgIpc) is 2.78. The fraction of sp³-hybridized carbons (Fsp3) is 0.423.